The highest BCUT2D eigenvalue weighted by molar-refractivity contribution is 6.30. The molecule has 218 valence electrons. The Kier molecular flexibility index (Phi) is 10.6. The van der Waals surface area contributed by atoms with E-state index < -0.39 is 18.2 Å². The number of anilines is 1. The molecular formula is C30H32ClF3N4O3. The fraction of sp³-hybridized carbons (Fsp3) is 0.367. The van der Waals surface area contributed by atoms with Gasteiger partial charge in [-0.05, 0) is 92.7 Å². The number of pyridine rings is 1. The molecule has 41 heavy (non-hydrogen) atoms. The summed E-state index contributed by atoms with van der Waals surface area (Å²) in [5.41, 5.74) is 1.96. The van der Waals surface area contributed by atoms with Crippen molar-refractivity contribution in [1.82, 2.24) is 14.8 Å². The largest absolute Gasteiger partial charge is 0.493 e. The van der Waals surface area contributed by atoms with Crippen LogP contribution < -0.4 is 5.06 Å². The van der Waals surface area contributed by atoms with Gasteiger partial charge in [0, 0.05) is 30.5 Å². The lowest BCUT2D eigenvalue weighted by molar-refractivity contribution is -0.200. The number of benzene rings is 2. The van der Waals surface area contributed by atoms with Gasteiger partial charge >= 0.3 is 18.2 Å². The van der Waals surface area contributed by atoms with Crippen molar-refractivity contribution in [3.05, 3.63) is 95.3 Å². The molecule has 2 heterocycles. The Morgan fingerprint density at radius 1 is 0.976 bits per heavy atom. The summed E-state index contributed by atoms with van der Waals surface area (Å²) in [6.07, 6.45) is 1.66. The van der Waals surface area contributed by atoms with Crippen LogP contribution in [0.2, 0.25) is 5.02 Å². The van der Waals surface area contributed by atoms with E-state index in [0.717, 1.165) is 38.9 Å². The van der Waals surface area contributed by atoms with E-state index in [-0.39, 0.29) is 18.8 Å². The number of hydrogen-bond acceptors (Lipinski definition) is 5. The highest BCUT2D eigenvalue weighted by Gasteiger charge is 2.44. The van der Waals surface area contributed by atoms with Gasteiger partial charge in [0.2, 0.25) is 0 Å². The van der Waals surface area contributed by atoms with Gasteiger partial charge < -0.3 is 14.6 Å². The first-order valence-electron chi connectivity index (χ1n) is 13.5. The van der Waals surface area contributed by atoms with E-state index in [9.17, 15) is 22.8 Å². The third kappa shape index (κ3) is 9.19. The first-order chi connectivity index (χ1) is 19.7. The van der Waals surface area contributed by atoms with Gasteiger partial charge in [-0.15, -0.1) is 5.06 Å². The van der Waals surface area contributed by atoms with E-state index in [2.05, 4.69) is 39.0 Å². The molecule has 11 heteroatoms. The van der Waals surface area contributed by atoms with Crippen LogP contribution >= 0.6 is 11.6 Å². The molecule has 1 aliphatic heterocycles. The van der Waals surface area contributed by atoms with E-state index in [4.69, 9.17) is 11.6 Å². The van der Waals surface area contributed by atoms with E-state index in [1.807, 2.05) is 6.07 Å². The number of hydrogen-bond donors (Lipinski definition) is 0. The molecule has 1 aromatic heterocycles. The fourth-order valence-corrected chi connectivity index (χ4v) is 4.97. The lowest BCUT2D eigenvalue weighted by Crippen LogP contribution is -2.47. The van der Waals surface area contributed by atoms with Crippen molar-refractivity contribution in [2.24, 2.45) is 5.92 Å². The van der Waals surface area contributed by atoms with E-state index in [1.165, 1.54) is 34.7 Å². The van der Waals surface area contributed by atoms with Crippen LogP contribution in [0.15, 0.2) is 79.1 Å². The van der Waals surface area contributed by atoms with Gasteiger partial charge in [0.1, 0.15) is 0 Å². The number of carbonyl (C=O) groups is 2. The zero-order chi connectivity index (χ0) is 29.2. The third-order valence-corrected chi connectivity index (χ3v) is 7.24. The monoisotopic (exact) mass is 588 g/mol. The van der Waals surface area contributed by atoms with Crippen molar-refractivity contribution < 1.29 is 27.6 Å². The molecule has 2 amide bonds. The maximum atomic E-state index is 13.6. The number of urea groups is 1. The Morgan fingerprint density at radius 3 is 2.29 bits per heavy atom. The molecule has 3 aromatic rings. The van der Waals surface area contributed by atoms with Gasteiger partial charge in [-0.25, -0.2) is 9.59 Å². The standard InChI is InChI=1S/C30H32ClF3N4O3/c31-26-9-11-27(12-10-26)38(41-28(39)30(32,33)34)29(40)37(22-25-8-4-15-35-21-25)17-5-16-36-18-13-24(14-19-36)20-23-6-2-1-3-7-23/h1-4,6-12,15,21,24H,5,13-14,16-20,22H2. The summed E-state index contributed by atoms with van der Waals surface area (Å²) >= 11 is 5.92. The second-order valence-electron chi connectivity index (χ2n) is 10.0. The van der Waals surface area contributed by atoms with Crippen LogP contribution in [0.1, 0.15) is 30.4 Å². The van der Waals surface area contributed by atoms with Gasteiger partial charge in [-0.1, -0.05) is 48.0 Å². The molecule has 1 fully saturated rings. The number of aromatic nitrogens is 1. The number of alkyl halides is 3. The second kappa shape index (κ2) is 14.3. The summed E-state index contributed by atoms with van der Waals surface area (Å²) in [6, 6.07) is 18.4. The summed E-state index contributed by atoms with van der Waals surface area (Å²) in [5, 5.41) is 0.681. The lowest BCUT2D eigenvalue weighted by atomic mass is 9.90. The maximum absolute atomic E-state index is 13.6. The topological polar surface area (TPSA) is 66.0 Å². The minimum absolute atomic E-state index is 0.0614. The second-order valence-corrected chi connectivity index (χ2v) is 10.5. The van der Waals surface area contributed by atoms with Crippen LogP contribution in [0, 0.1) is 5.92 Å². The lowest BCUT2D eigenvalue weighted by Gasteiger charge is -2.33. The minimum atomic E-state index is -5.29. The Bertz CT molecular complexity index is 1260. The normalized spacial score (nSPS) is 14.4. The summed E-state index contributed by atoms with van der Waals surface area (Å²) in [7, 11) is 0. The van der Waals surface area contributed by atoms with Crippen molar-refractivity contribution in [3.63, 3.8) is 0 Å². The molecule has 0 unspecified atom stereocenters. The third-order valence-electron chi connectivity index (χ3n) is 6.98. The quantitative estimate of drug-likeness (QED) is 0.266. The van der Waals surface area contributed by atoms with Gasteiger partial charge in [0.05, 0.1) is 5.69 Å². The minimum Gasteiger partial charge on any atom is -0.323 e. The van der Waals surface area contributed by atoms with E-state index >= 15 is 0 Å². The van der Waals surface area contributed by atoms with Crippen molar-refractivity contribution >= 4 is 29.3 Å². The van der Waals surface area contributed by atoms with Crippen molar-refractivity contribution in [2.75, 3.05) is 31.2 Å². The molecule has 2 aromatic carbocycles. The number of amides is 2. The van der Waals surface area contributed by atoms with Gasteiger partial charge in [-0.2, -0.15) is 13.2 Å². The zero-order valence-electron chi connectivity index (χ0n) is 22.5. The molecule has 1 aliphatic rings. The maximum Gasteiger partial charge on any atom is 0.493 e. The van der Waals surface area contributed by atoms with Gasteiger partial charge in [-0.3, -0.25) is 4.98 Å². The Morgan fingerprint density at radius 2 is 1.66 bits per heavy atom. The number of hydroxylamine groups is 1. The summed E-state index contributed by atoms with van der Waals surface area (Å²) < 4.78 is 39.3. The smallest absolute Gasteiger partial charge is 0.323 e. The Hall–Kier alpha value is -3.63. The predicted octanol–water partition coefficient (Wildman–Crippen LogP) is 6.53. The molecule has 0 atom stereocenters. The number of nitrogens with zero attached hydrogens (tertiary/aromatic N) is 4. The van der Waals surface area contributed by atoms with Crippen LogP contribution in [0.3, 0.4) is 0 Å². The van der Waals surface area contributed by atoms with Crippen LogP contribution in [0.5, 0.6) is 0 Å². The molecule has 1 saturated heterocycles. The molecule has 0 saturated carbocycles. The van der Waals surface area contributed by atoms with Crippen molar-refractivity contribution in [2.45, 2.75) is 38.4 Å². The first kappa shape index (κ1) is 30.3. The molecule has 0 spiro atoms. The average Bonchev–Trinajstić information content (AvgIpc) is 2.97. The van der Waals surface area contributed by atoms with Gasteiger partial charge in [0.15, 0.2) is 0 Å². The summed E-state index contributed by atoms with van der Waals surface area (Å²) in [6.45, 7) is 2.89. The molecule has 0 bridgehead atoms. The van der Waals surface area contributed by atoms with Crippen LogP contribution in [0.25, 0.3) is 0 Å². The van der Waals surface area contributed by atoms with Crippen LogP contribution in [0.4, 0.5) is 23.7 Å². The average molecular weight is 589 g/mol. The van der Waals surface area contributed by atoms with E-state index in [1.54, 1.807) is 24.5 Å². The molecule has 0 radical (unpaired) electrons. The fourth-order valence-electron chi connectivity index (χ4n) is 4.84. The number of rotatable bonds is 9. The SMILES string of the molecule is O=C(N(CCCN1CCC(Cc2ccccc2)CC1)Cc1cccnc1)N(OC(=O)C(F)(F)F)c1ccc(Cl)cc1. The van der Waals surface area contributed by atoms with Crippen molar-refractivity contribution in [1.29, 1.82) is 0 Å². The Balaban J connectivity index is 1.42. The van der Waals surface area contributed by atoms with Crippen LogP contribution in [-0.4, -0.2) is 59.1 Å². The Labute approximate surface area is 242 Å². The molecule has 0 N–H and O–H groups in total. The zero-order valence-corrected chi connectivity index (χ0v) is 23.2. The summed E-state index contributed by atoms with van der Waals surface area (Å²) in [5.74, 6) is -1.88. The number of piperidine rings is 1. The van der Waals surface area contributed by atoms with Crippen molar-refractivity contribution in [3.8, 4) is 0 Å². The highest BCUT2D eigenvalue weighted by Crippen LogP contribution is 2.25. The number of carbonyl (C=O) groups excluding carboxylic acids is 2. The molecule has 7 nitrogen and oxygen atoms in total. The molecular weight excluding hydrogens is 557 g/mol. The van der Waals surface area contributed by atoms with E-state index in [0.29, 0.717) is 28.0 Å². The van der Waals surface area contributed by atoms with Crippen LogP contribution in [-0.2, 0) is 22.6 Å². The first-order valence-corrected chi connectivity index (χ1v) is 13.9. The summed E-state index contributed by atoms with van der Waals surface area (Å²) in [4.78, 5) is 37.8. The molecule has 0 aliphatic carbocycles. The predicted molar refractivity (Wildman–Crippen MR) is 150 cm³/mol. The highest BCUT2D eigenvalue weighted by atomic mass is 35.5. The van der Waals surface area contributed by atoms with Gasteiger partial charge in [0.25, 0.3) is 0 Å². The molecule has 4 rings (SSSR count). The number of likely N-dealkylation sites (tertiary alicyclic amines) is 1. The number of halogens is 4.